The number of amides is 1. The molecule has 0 aromatic heterocycles. The van der Waals surface area contributed by atoms with Crippen LogP contribution in [0.1, 0.15) is 6.42 Å². The lowest BCUT2D eigenvalue weighted by molar-refractivity contribution is -0.141. The number of rotatable bonds is 6. The van der Waals surface area contributed by atoms with Gasteiger partial charge in [0.15, 0.2) is 0 Å². The second kappa shape index (κ2) is 7.83. The van der Waals surface area contributed by atoms with Crippen molar-refractivity contribution in [3.63, 3.8) is 0 Å². The minimum absolute atomic E-state index is 0.133. The maximum absolute atomic E-state index is 11.2. The van der Waals surface area contributed by atoms with Gasteiger partial charge in [-0.15, -0.1) is 6.42 Å². The van der Waals surface area contributed by atoms with Crippen molar-refractivity contribution in [2.24, 2.45) is 0 Å². The molecule has 0 aromatic rings. The van der Waals surface area contributed by atoms with E-state index in [0.29, 0.717) is 13.2 Å². The molecule has 0 unspecified atom stereocenters. The lowest BCUT2D eigenvalue weighted by Crippen LogP contribution is -2.34. The zero-order valence-corrected chi connectivity index (χ0v) is 8.99. The predicted molar refractivity (Wildman–Crippen MR) is 53.9 cm³/mol. The Morgan fingerprint density at radius 3 is 2.47 bits per heavy atom. The van der Waals surface area contributed by atoms with Crippen LogP contribution in [-0.2, 0) is 19.1 Å². The number of hydrogen-bond donors (Lipinski definition) is 0. The van der Waals surface area contributed by atoms with Crippen LogP contribution < -0.4 is 0 Å². The van der Waals surface area contributed by atoms with E-state index in [-0.39, 0.29) is 18.9 Å². The number of terminal acetylenes is 1. The van der Waals surface area contributed by atoms with Crippen LogP contribution in [0.5, 0.6) is 0 Å². The minimum Gasteiger partial charge on any atom is -0.469 e. The molecular weight excluding hydrogens is 198 g/mol. The van der Waals surface area contributed by atoms with E-state index in [9.17, 15) is 9.59 Å². The van der Waals surface area contributed by atoms with Crippen molar-refractivity contribution in [1.82, 2.24) is 4.90 Å². The quantitative estimate of drug-likeness (QED) is 0.447. The molecule has 84 valence electrons. The highest BCUT2D eigenvalue weighted by atomic mass is 16.5. The van der Waals surface area contributed by atoms with E-state index in [1.165, 1.54) is 19.1 Å². The number of esters is 1. The molecule has 0 atom stereocenters. The van der Waals surface area contributed by atoms with Gasteiger partial charge in [-0.2, -0.15) is 0 Å². The summed E-state index contributed by atoms with van der Waals surface area (Å²) in [5.74, 6) is 1.17. The molecule has 5 heteroatoms. The van der Waals surface area contributed by atoms with Gasteiger partial charge in [0.25, 0.3) is 5.91 Å². The van der Waals surface area contributed by atoms with Crippen LogP contribution in [0.2, 0.25) is 0 Å². The molecule has 0 aliphatic carbocycles. The first-order chi connectivity index (χ1) is 7.15. The van der Waals surface area contributed by atoms with Crippen LogP contribution in [-0.4, -0.2) is 50.7 Å². The smallest absolute Gasteiger partial charge is 0.307 e. The van der Waals surface area contributed by atoms with Gasteiger partial charge in [-0.25, -0.2) is 0 Å². The Hall–Kier alpha value is -1.54. The first kappa shape index (κ1) is 13.5. The first-order valence-electron chi connectivity index (χ1n) is 4.47. The molecule has 0 aliphatic rings. The summed E-state index contributed by atoms with van der Waals surface area (Å²) >= 11 is 0. The fourth-order valence-corrected chi connectivity index (χ4v) is 0.936. The van der Waals surface area contributed by atoms with Crippen molar-refractivity contribution in [3.05, 3.63) is 0 Å². The summed E-state index contributed by atoms with van der Waals surface area (Å²) in [7, 11) is 2.82. The maximum atomic E-state index is 11.2. The SMILES string of the molecule is C#CC(=O)N(CCOC)CCC(=O)OC. The molecule has 5 nitrogen and oxygen atoms in total. The summed E-state index contributed by atoms with van der Waals surface area (Å²) in [6.45, 7) is 1.00. The summed E-state index contributed by atoms with van der Waals surface area (Å²) in [5, 5.41) is 0. The first-order valence-corrected chi connectivity index (χ1v) is 4.47. The Balaban J connectivity index is 4.08. The van der Waals surface area contributed by atoms with Crippen LogP contribution in [0.3, 0.4) is 0 Å². The van der Waals surface area contributed by atoms with E-state index in [2.05, 4.69) is 4.74 Å². The highest BCUT2D eigenvalue weighted by Crippen LogP contribution is 1.94. The predicted octanol–water partition coefficient (Wildman–Crippen LogP) is -0.342. The summed E-state index contributed by atoms with van der Waals surface area (Å²) in [6.07, 6.45) is 5.12. The topological polar surface area (TPSA) is 55.8 Å². The van der Waals surface area contributed by atoms with Gasteiger partial charge in [-0.3, -0.25) is 9.59 Å². The van der Waals surface area contributed by atoms with Gasteiger partial charge < -0.3 is 14.4 Å². The zero-order chi connectivity index (χ0) is 11.7. The van der Waals surface area contributed by atoms with E-state index < -0.39 is 5.91 Å². The lowest BCUT2D eigenvalue weighted by atomic mass is 10.3. The van der Waals surface area contributed by atoms with Gasteiger partial charge in [-0.1, -0.05) is 0 Å². The second-order valence-corrected chi connectivity index (χ2v) is 2.76. The maximum Gasteiger partial charge on any atom is 0.307 e. The van der Waals surface area contributed by atoms with Gasteiger partial charge >= 0.3 is 5.97 Å². The summed E-state index contributed by atoms with van der Waals surface area (Å²) in [5.41, 5.74) is 0. The number of carbonyl (C=O) groups is 2. The zero-order valence-electron chi connectivity index (χ0n) is 8.99. The van der Waals surface area contributed by atoms with Gasteiger partial charge in [0.05, 0.1) is 20.1 Å². The fraction of sp³-hybridized carbons (Fsp3) is 0.600. The fourth-order valence-electron chi connectivity index (χ4n) is 0.936. The van der Waals surface area contributed by atoms with Crippen molar-refractivity contribution in [3.8, 4) is 12.3 Å². The molecule has 0 radical (unpaired) electrons. The van der Waals surface area contributed by atoms with Gasteiger partial charge in [0, 0.05) is 20.2 Å². The van der Waals surface area contributed by atoms with Crippen LogP contribution >= 0.6 is 0 Å². The van der Waals surface area contributed by atoms with E-state index in [4.69, 9.17) is 11.2 Å². The Kier molecular flexibility index (Phi) is 7.02. The monoisotopic (exact) mass is 213 g/mol. The van der Waals surface area contributed by atoms with Crippen molar-refractivity contribution in [2.75, 3.05) is 33.9 Å². The number of ether oxygens (including phenoxy) is 2. The summed E-state index contributed by atoms with van der Waals surface area (Å²) in [4.78, 5) is 23.4. The molecule has 0 heterocycles. The molecule has 0 spiro atoms. The average Bonchev–Trinajstić information content (AvgIpc) is 2.27. The van der Waals surface area contributed by atoms with Gasteiger partial charge in [0.2, 0.25) is 0 Å². The third-order valence-corrected chi connectivity index (χ3v) is 1.79. The van der Waals surface area contributed by atoms with Crippen molar-refractivity contribution < 1.29 is 19.1 Å². The summed E-state index contributed by atoms with van der Waals surface area (Å²) in [6, 6.07) is 0. The van der Waals surface area contributed by atoms with E-state index in [1.54, 1.807) is 0 Å². The molecule has 0 saturated heterocycles. The van der Waals surface area contributed by atoms with Crippen LogP contribution in [0, 0.1) is 12.3 Å². The van der Waals surface area contributed by atoms with Gasteiger partial charge in [-0.05, 0) is 5.92 Å². The number of hydrogen-bond acceptors (Lipinski definition) is 4. The Morgan fingerprint density at radius 1 is 1.33 bits per heavy atom. The molecule has 0 fully saturated rings. The highest BCUT2D eigenvalue weighted by molar-refractivity contribution is 5.93. The molecule has 0 saturated carbocycles. The normalized spacial score (nSPS) is 9.13. The Bertz CT molecular complexity index is 257. The number of nitrogens with zero attached hydrogens (tertiary/aromatic N) is 1. The molecule has 15 heavy (non-hydrogen) atoms. The standard InChI is InChI=1S/C10H15NO4/c1-4-9(12)11(7-8-14-2)6-5-10(13)15-3/h1H,5-8H2,2-3H3. The lowest BCUT2D eigenvalue weighted by Gasteiger charge is -2.18. The minimum atomic E-state index is -0.448. The second-order valence-electron chi connectivity index (χ2n) is 2.76. The molecule has 0 aromatic carbocycles. The molecule has 0 aliphatic heterocycles. The van der Waals surface area contributed by atoms with E-state index in [1.807, 2.05) is 5.92 Å². The van der Waals surface area contributed by atoms with Crippen molar-refractivity contribution in [1.29, 1.82) is 0 Å². The summed E-state index contributed by atoms with van der Waals surface area (Å²) < 4.78 is 9.28. The molecular formula is C10H15NO4. The van der Waals surface area contributed by atoms with Crippen LogP contribution in [0.4, 0.5) is 0 Å². The van der Waals surface area contributed by atoms with Gasteiger partial charge in [0.1, 0.15) is 0 Å². The average molecular weight is 213 g/mol. The van der Waals surface area contributed by atoms with Crippen LogP contribution in [0.25, 0.3) is 0 Å². The molecule has 1 amide bonds. The third kappa shape index (κ3) is 5.70. The Morgan fingerprint density at radius 2 is 2.00 bits per heavy atom. The Labute approximate surface area is 89.3 Å². The highest BCUT2D eigenvalue weighted by Gasteiger charge is 2.12. The van der Waals surface area contributed by atoms with E-state index in [0.717, 1.165) is 0 Å². The van der Waals surface area contributed by atoms with Crippen LogP contribution in [0.15, 0.2) is 0 Å². The molecule has 0 bridgehead atoms. The molecule has 0 N–H and O–H groups in total. The third-order valence-electron chi connectivity index (χ3n) is 1.79. The number of methoxy groups -OCH3 is 2. The van der Waals surface area contributed by atoms with E-state index >= 15 is 0 Å². The van der Waals surface area contributed by atoms with Crippen molar-refractivity contribution in [2.45, 2.75) is 6.42 Å². The van der Waals surface area contributed by atoms with Crippen molar-refractivity contribution >= 4 is 11.9 Å². The largest absolute Gasteiger partial charge is 0.469 e. The molecule has 0 rings (SSSR count). The number of carbonyl (C=O) groups excluding carboxylic acids is 2.